The Kier molecular flexibility index (Phi) is 4.77. The van der Waals surface area contributed by atoms with Gasteiger partial charge in [0, 0.05) is 37.3 Å². The summed E-state index contributed by atoms with van der Waals surface area (Å²) in [5.41, 5.74) is 3.32. The molecule has 0 N–H and O–H groups in total. The highest BCUT2D eigenvalue weighted by molar-refractivity contribution is 7.09. The van der Waals surface area contributed by atoms with E-state index in [1.807, 2.05) is 36.4 Å². The summed E-state index contributed by atoms with van der Waals surface area (Å²) in [4.78, 5) is 15.9. The Labute approximate surface area is 161 Å². The first-order chi connectivity index (χ1) is 13.1. The highest BCUT2D eigenvalue weighted by Gasteiger charge is 2.31. The first-order valence-corrected chi connectivity index (χ1v) is 9.93. The third kappa shape index (κ3) is 3.27. The molecule has 3 aromatic rings. The Morgan fingerprint density at radius 3 is 2.96 bits per heavy atom. The number of hydrogen-bond acceptors (Lipinski definition) is 7. The fourth-order valence-electron chi connectivity index (χ4n) is 3.64. The Bertz CT molecular complexity index is 959. The average Bonchev–Trinajstić information content (AvgIpc) is 3.40. The van der Waals surface area contributed by atoms with E-state index in [9.17, 15) is 4.79 Å². The van der Waals surface area contributed by atoms with Crippen molar-refractivity contribution in [3.63, 3.8) is 0 Å². The summed E-state index contributed by atoms with van der Waals surface area (Å²) >= 11 is 1.31. The minimum atomic E-state index is 0.0390. The van der Waals surface area contributed by atoms with Crippen LogP contribution < -0.4 is 0 Å². The summed E-state index contributed by atoms with van der Waals surface area (Å²) in [6, 6.07) is 1.90. The van der Waals surface area contributed by atoms with Gasteiger partial charge in [-0.25, -0.2) is 0 Å². The van der Waals surface area contributed by atoms with Crippen molar-refractivity contribution < 1.29 is 9.32 Å². The zero-order valence-electron chi connectivity index (χ0n) is 15.7. The van der Waals surface area contributed by atoms with Crippen LogP contribution in [-0.4, -0.2) is 48.4 Å². The highest BCUT2D eigenvalue weighted by Crippen LogP contribution is 2.35. The SMILES string of the molecule is CCn1ncc(C(=O)N2CCCC(c3nnsc3-c3cc(C)no3)C2)c1C. The second-order valence-electron chi connectivity index (χ2n) is 6.87. The lowest BCUT2D eigenvalue weighted by molar-refractivity contribution is 0.0705. The highest BCUT2D eigenvalue weighted by atomic mass is 32.1. The Balaban J connectivity index is 1.56. The van der Waals surface area contributed by atoms with Gasteiger partial charge in [-0.2, -0.15) is 5.10 Å². The van der Waals surface area contributed by atoms with Crippen LogP contribution in [0, 0.1) is 13.8 Å². The van der Waals surface area contributed by atoms with Crippen LogP contribution in [0.25, 0.3) is 10.6 Å². The number of rotatable bonds is 4. The predicted molar refractivity (Wildman–Crippen MR) is 101 cm³/mol. The molecule has 0 saturated carbocycles. The lowest BCUT2D eigenvalue weighted by Gasteiger charge is -2.32. The fraction of sp³-hybridized carbons (Fsp3) is 0.500. The van der Waals surface area contributed by atoms with E-state index in [2.05, 4.69) is 19.8 Å². The zero-order valence-corrected chi connectivity index (χ0v) is 16.5. The van der Waals surface area contributed by atoms with E-state index in [0.717, 1.165) is 47.9 Å². The van der Waals surface area contributed by atoms with Crippen molar-refractivity contribution in [1.29, 1.82) is 0 Å². The number of aromatic nitrogens is 5. The summed E-state index contributed by atoms with van der Waals surface area (Å²) in [7, 11) is 0. The van der Waals surface area contributed by atoms with E-state index in [4.69, 9.17) is 4.52 Å². The number of carbonyl (C=O) groups excluding carboxylic acids is 1. The van der Waals surface area contributed by atoms with Crippen molar-refractivity contribution in [2.24, 2.45) is 0 Å². The van der Waals surface area contributed by atoms with E-state index in [1.165, 1.54) is 11.5 Å². The predicted octanol–water partition coefficient (Wildman–Crippen LogP) is 3.05. The molecule has 4 heterocycles. The molecule has 0 radical (unpaired) electrons. The van der Waals surface area contributed by atoms with Crippen LogP contribution in [0.3, 0.4) is 0 Å². The molecule has 1 atom stereocenters. The van der Waals surface area contributed by atoms with Gasteiger partial charge in [0.25, 0.3) is 5.91 Å². The maximum absolute atomic E-state index is 13.0. The quantitative estimate of drug-likeness (QED) is 0.685. The molecule has 1 saturated heterocycles. The average molecular weight is 386 g/mol. The van der Waals surface area contributed by atoms with Crippen molar-refractivity contribution in [2.75, 3.05) is 13.1 Å². The van der Waals surface area contributed by atoms with Gasteiger partial charge >= 0.3 is 0 Å². The lowest BCUT2D eigenvalue weighted by Crippen LogP contribution is -2.39. The van der Waals surface area contributed by atoms with Gasteiger partial charge < -0.3 is 9.42 Å². The Hall–Kier alpha value is -2.55. The second-order valence-corrected chi connectivity index (χ2v) is 7.62. The minimum absolute atomic E-state index is 0.0390. The molecule has 4 rings (SSSR count). The van der Waals surface area contributed by atoms with Crippen LogP contribution in [0.1, 0.15) is 53.1 Å². The van der Waals surface area contributed by atoms with Gasteiger partial charge in [0.1, 0.15) is 4.88 Å². The van der Waals surface area contributed by atoms with Crippen LogP contribution in [0.15, 0.2) is 16.8 Å². The first-order valence-electron chi connectivity index (χ1n) is 9.16. The van der Waals surface area contributed by atoms with Gasteiger partial charge in [-0.3, -0.25) is 9.48 Å². The second kappa shape index (κ2) is 7.22. The van der Waals surface area contributed by atoms with Crippen molar-refractivity contribution in [3.05, 3.63) is 34.9 Å². The monoisotopic (exact) mass is 386 g/mol. The number of nitrogens with zero attached hydrogens (tertiary/aromatic N) is 6. The van der Waals surface area contributed by atoms with Crippen molar-refractivity contribution in [3.8, 4) is 10.6 Å². The molecule has 142 valence electrons. The van der Waals surface area contributed by atoms with E-state index in [-0.39, 0.29) is 11.8 Å². The van der Waals surface area contributed by atoms with Gasteiger partial charge in [0.2, 0.25) is 0 Å². The van der Waals surface area contributed by atoms with Crippen LogP contribution in [0.4, 0.5) is 0 Å². The maximum Gasteiger partial charge on any atom is 0.257 e. The summed E-state index contributed by atoms with van der Waals surface area (Å²) in [6.45, 7) is 7.99. The molecule has 8 nitrogen and oxygen atoms in total. The molecule has 1 fully saturated rings. The lowest BCUT2D eigenvalue weighted by atomic mass is 9.93. The molecular formula is C18H22N6O2S. The number of hydrogen-bond donors (Lipinski definition) is 0. The summed E-state index contributed by atoms with van der Waals surface area (Å²) in [5.74, 6) is 0.876. The van der Waals surface area contributed by atoms with Gasteiger partial charge in [0.15, 0.2) is 5.76 Å². The van der Waals surface area contributed by atoms with Crippen LogP contribution in [-0.2, 0) is 6.54 Å². The third-order valence-electron chi connectivity index (χ3n) is 5.09. The van der Waals surface area contributed by atoms with E-state index >= 15 is 0 Å². The van der Waals surface area contributed by atoms with Crippen molar-refractivity contribution in [2.45, 2.75) is 46.1 Å². The fourth-order valence-corrected chi connectivity index (χ4v) is 4.33. The van der Waals surface area contributed by atoms with Crippen LogP contribution in [0.5, 0.6) is 0 Å². The van der Waals surface area contributed by atoms with Gasteiger partial charge in [-0.15, -0.1) is 5.10 Å². The molecule has 0 aliphatic carbocycles. The van der Waals surface area contributed by atoms with Crippen molar-refractivity contribution in [1.82, 2.24) is 29.4 Å². The standard InChI is InChI=1S/C18H22N6O2S/c1-4-24-12(3)14(9-19-24)18(25)23-7-5-6-13(10-23)16-17(27-22-20-16)15-8-11(2)21-26-15/h8-9,13H,4-7,10H2,1-3H3. The van der Waals surface area contributed by atoms with Gasteiger partial charge in [-0.05, 0) is 45.1 Å². The Morgan fingerprint density at radius 1 is 1.41 bits per heavy atom. The zero-order chi connectivity index (χ0) is 19.0. The normalized spacial score (nSPS) is 17.4. The van der Waals surface area contributed by atoms with Crippen molar-refractivity contribution >= 4 is 17.4 Å². The molecule has 1 amide bonds. The maximum atomic E-state index is 13.0. The summed E-state index contributed by atoms with van der Waals surface area (Å²) < 4.78 is 11.4. The smallest absolute Gasteiger partial charge is 0.257 e. The van der Waals surface area contributed by atoms with Crippen LogP contribution in [0.2, 0.25) is 0 Å². The molecule has 0 aromatic carbocycles. The number of amides is 1. The summed E-state index contributed by atoms with van der Waals surface area (Å²) in [5, 5.41) is 12.6. The van der Waals surface area contributed by atoms with E-state index < -0.39 is 0 Å². The molecular weight excluding hydrogens is 364 g/mol. The molecule has 3 aromatic heterocycles. The van der Waals surface area contributed by atoms with Gasteiger partial charge in [-0.1, -0.05) is 9.64 Å². The molecule has 1 aliphatic rings. The largest absolute Gasteiger partial charge is 0.355 e. The topological polar surface area (TPSA) is 89.9 Å². The molecule has 9 heteroatoms. The van der Waals surface area contributed by atoms with E-state index in [1.54, 1.807) is 6.20 Å². The minimum Gasteiger partial charge on any atom is -0.355 e. The number of aryl methyl sites for hydroxylation is 2. The molecule has 0 spiro atoms. The number of carbonyl (C=O) groups is 1. The number of piperidine rings is 1. The van der Waals surface area contributed by atoms with Gasteiger partial charge in [0.05, 0.1) is 23.1 Å². The number of likely N-dealkylation sites (tertiary alicyclic amines) is 1. The Morgan fingerprint density at radius 2 is 2.26 bits per heavy atom. The summed E-state index contributed by atoms with van der Waals surface area (Å²) in [6.07, 6.45) is 3.59. The first kappa shape index (κ1) is 17.8. The molecule has 27 heavy (non-hydrogen) atoms. The molecule has 0 bridgehead atoms. The van der Waals surface area contributed by atoms with E-state index in [0.29, 0.717) is 17.9 Å². The van der Waals surface area contributed by atoms with Crippen LogP contribution >= 0.6 is 11.5 Å². The third-order valence-corrected chi connectivity index (χ3v) is 5.85. The molecule has 1 aliphatic heterocycles. The molecule has 1 unspecified atom stereocenters.